The molecule has 27 heavy (non-hydrogen) atoms. The van der Waals surface area contributed by atoms with Crippen LogP contribution < -0.4 is 25.4 Å². The molecule has 0 heterocycles. The molecule has 3 amide bonds. The van der Waals surface area contributed by atoms with E-state index in [4.69, 9.17) is 9.47 Å². The van der Waals surface area contributed by atoms with Crippen LogP contribution in [0.2, 0.25) is 0 Å². The molecule has 0 bridgehead atoms. The number of benzene rings is 2. The summed E-state index contributed by atoms with van der Waals surface area (Å²) in [5, 5.41) is 6.78. The van der Waals surface area contributed by atoms with Gasteiger partial charge in [0.15, 0.2) is 17.5 Å². The van der Waals surface area contributed by atoms with Crippen LogP contribution in [0.3, 0.4) is 0 Å². The first-order valence-electron chi connectivity index (χ1n) is 8.88. The zero-order valence-electron chi connectivity index (χ0n) is 15.6. The summed E-state index contributed by atoms with van der Waals surface area (Å²) in [7, 11) is 1.59. The van der Waals surface area contributed by atoms with E-state index in [1.165, 1.54) is 0 Å². The van der Waals surface area contributed by atoms with E-state index in [2.05, 4.69) is 10.6 Å². The Balaban J connectivity index is 1.96. The fourth-order valence-corrected chi connectivity index (χ4v) is 2.59. The Labute approximate surface area is 159 Å². The summed E-state index contributed by atoms with van der Waals surface area (Å²) in [4.78, 5) is 24.2. The Bertz CT molecular complexity index is 737. The molecule has 2 rings (SSSR count). The summed E-state index contributed by atoms with van der Waals surface area (Å²) in [6, 6.07) is 15.7. The lowest BCUT2D eigenvalue weighted by atomic mass is 10.1. The number of hydrogen-bond acceptors (Lipinski definition) is 4. The largest absolute Gasteiger partial charge is 0.493 e. The van der Waals surface area contributed by atoms with Crippen LogP contribution in [0.5, 0.6) is 11.5 Å². The molecule has 144 valence electrons. The molecule has 0 saturated heterocycles. The normalized spacial score (nSPS) is 11.3. The molecule has 0 spiro atoms. The molecule has 4 N–H and O–H groups in total. The molecule has 0 aliphatic carbocycles. The standard InChI is InChI=1S/C20H25N3O4/c1-3-21-20(25)23-19(24)18(15-9-5-4-6-10-15)22-13-14-27-17-12-8-7-11-16(17)26-2/h4-12,18,22H,3,13-14H2,1-2H3,(H2,21,23,24,25)/p+1/t18-/m1/s1. The quantitative estimate of drug-likeness (QED) is 0.577. The van der Waals surface area contributed by atoms with E-state index >= 15 is 0 Å². The van der Waals surface area contributed by atoms with Crippen LogP contribution in [-0.4, -0.2) is 38.7 Å². The second-order valence-electron chi connectivity index (χ2n) is 5.76. The molecule has 0 aliphatic rings. The van der Waals surface area contributed by atoms with Gasteiger partial charge in [-0.2, -0.15) is 0 Å². The summed E-state index contributed by atoms with van der Waals surface area (Å²) in [6.07, 6.45) is 0. The van der Waals surface area contributed by atoms with Crippen LogP contribution in [0, 0.1) is 0 Å². The first-order chi connectivity index (χ1) is 13.2. The lowest BCUT2D eigenvalue weighted by Crippen LogP contribution is -2.88. The van der Waals surface area contributed by atoms with Crippen molar-refractivity contribution >= 4 is 11.9 Å². The van der Waals surface area contributed by atoms with Crippen molar-refractivity contribution in [1.29, 1.82) is 0 Å². The number of nitrogens with one attached hydrogen (secondary N) is 2. The minimum atomic E-state index is -0.546. The van der Waals surface area contributed by atoms with E-state index in [9.17, 15) is 9.59 Å². The van der Waals surface area contributed by atoms with E-state index in [1.54, 1.807) is 14.0 Å². The lowest BCUT2D eigenvalue weighted by Gasteiger charge is -2.16. The number of para-hydroxylation sites is 2. The summed E-state index contributed by atoms with van der Waals surface area (Å²) >= 11 is 0. The fraction of sp³-hybridized carbons (Fsp3) is 0.300. The number of methoxy groups -OCH3 is 1. The van der Waals surface area contributed by atoms with Crippen molar-refractivity contribution in [2.45, 2.75) is 13.0 Å². The van der Waals surface area contributed by atoms with Gasteiger partial charge >= 0.3 is 6.03 Å². The smallest absolute Gasteiger partial charge is 0.321 e. The van der Waals surface area contributed by atoms with Crippen molar-refractivity contribution in [3.8, 4) is 11.5 Å². The Morgan fingerprint density at radius 3 is 2.37 bits per heavy atom. The number of carbonyl (C=O) groups is 2. The van der Waals surface area contributed by atoms with Crippen molar-refractivity contribution in [2.75, 3.05) is 26.8 Å². The summed E-state index contributed by atoms with van der Waals surface area (Å²) in [5.41, 5.74) is 0.816. The van der Waals surface area contributed by atoms with Gasteiger partial charge in [-0.15, -0.1) is 0 Å². The molecular weight excluding hydrogens is 346 g/mol. The van der Waals surface area contributed by atoms with Gasteiger partial charge in [0.2, 0.25) is 0 Å². The predicted molar refractivity (Wildman–Crippen MR) is 102 cm³/mol. The molecule has 0 fully saturated rings. The highest BCUT2D eigenvalue weighted by Crippen LogP contribution is 2.25. The third kappa shape index (κ3) is 6.31. The van der Waals surface area contributed by atoms with Gasteiger partial charge in [0, 0.05) is 12.1 Å². The molecule has 0 aliphatic heterocycles. The molecule has 1 atom stereocenters. The zero-order chi connectivity index (χ0) is 19.5. The van der Waals surface area contributed by atoms with Crippen molar-refractivity contribution < 1.29 is 24.4 Å². The third-order valence-electron chi connectivity index (χ3n) is 3.86. The maximum absolute atomic E-state index is 12.5. The minimum absolute atomic E-state index is 0.371. The van der Waals surface area contributed by atoms with Crippen molar-refractivity contribution in [2.24, 2.45) is 0 Å². The summed E-state index contributed by atoms with van der Waals surface area (Å²) in [5.74, 6) is 0.937. The van der Waals surface area contributed by atoms with Crippen LogP contribution in [0.15, 0.2) is 54.6 Å². The van der Waals surface area contributed by atoms with Crippen LogP contribution in [0.4, 0.5) is 4.79 Å². The van der Waals surface area contributed by atoms with E-state index in [-0.39, 0.29) is 5.91 Å². The van der Waals surface area contributed by atoms with Gasteiger partial charge in [0.05, 0.1) is 7.11 Å². The fourth-order valence-electron chi connectivity index (χ4n) is 2.59. The van der Waals surface area contributed by atoms with E-state index in [0.717, 1.165) is 5.56 Å². The van der Waals surface area contributed by atoms with Crippen molar-refractivity contribution in [3.05, 3.63) is 60.2 Å². The van der Waals surface area contributed by atoms with E-state index < -0.39 is 12.1 Å². The zero-order valence-corrected chi connectivity index (χ0v) is 15.6. The monoisotopic (exact) mass is 372 g/mol. The molecule has 0 aromatic heterocycles. The van der Waals surface area contributed by atoms with Crippen molar-refractivity contribution in [1.82, 2.24) is 10.6 Å². The van der Waals surface area contributed by atoms with Gasteiger partial charge in [-0.05, 0) is 19.1 Å². The molecule has 2 aromatic carbocycles. The number of ether oxygens (including phenoxy) is 2. The van der Waals surface area contributed by atoms with Gasteiger partial charge in [-0.25, -0.2) is 4.79 Å². The number of amides is 3. The van der Waals surface area contributed by atoms with Crippen LogP contribution >= 0.6 is 0 Å². The average Bonchev–Trinajstić information content (AvgIpc) is 2.69. The summed E-state index contributed by atoms with van der Waals surface area (Å²) in [6.45, 7) is 3.16. The van der Waals surface area contributed by atoms with E-state index in [1.807, 2.05) is 59.9 Å². The van der Waals surface area contributed by atoms with Gasteiger partial charge < -0.3 is 20.1 Å². The number of rotatable bonds is 9. The summed E-state index contributed by atoms with van der Waals surface area (Å²) < 4.78 is 11.0. The molecule has 0 saturated carbocycles. The highest BCUT2D eigenvalue weighted by molar-refractivity contribution is 5.96. The molecule has 0 radical (unpaired) electrons. The average molecular weight is 372 g/mol. The molecule has 7 nitrogen and oxygen atoms in total. The topological polar surface area (TPSA) is 93.3 Å². The third-order valence-corrected chi connectivity index (χ3v) is 3.86. The minimum Gasteiger partial charge on any atom is -0.493 e. The first-order valence-corrected chi connectivity index (χ1v) is 8.88. The van der Waals surface area contributed by atoms with Crippen LogP contribution in [0.25, 0.3) is 0 Å². The Morgan fingerprint density at radius 1 is 1.04 bits per heavy atom. The van der Waals surface area contributed by atoms with Gasteiger partial charge in [0.25, 0.3) is 5.91 Å². The Kier molecular flexibility index (Phi) is 8.12. The number of imide groups is 1. The number of nitrogens with two attached hydrogens (primary N) is 1. The second-order valence-corrected chi connectivity index (χ2v) is 5.76. The van der Waals surface area contributed by atoms with Crippen LogP contribution in [0.1, 0.15) is 18.5 Å². The molecule has 0 unspecified atom stereocenters. The Hall–Kier alpha value is -3.06. The molecule has 2 aromatic rings. The number of quaternary nitrogens is 1. The van der Waals surface area contributed by atoms with Gasteiger partial charge in [-0.1, -0.05) is 42.5 Å². The van der Waals surface area contributed by atoms with Crippen LogP contribution in [-0.2, 0) is 4.79 Å². The number of hydrogen-bond donors (Lipinski definition) is 3. The molecular formula is C20H26N3O4+. The molecule has 7 heteroatoms. The lowest BCUT2D eigenvalue weighted by molar-refractivity contribution is -0.683. The number of carbonyl (C=O) groups excluding carboxylic acids is 2. The number of urea groups is 1. The SMILES string of the molecule is CCNC(=O)NC(=O)[C@H]([NH2+]CCOc1ccccc1OC)c1ccccc1. The van der Waals surface area contributed by atoms with Gasteiger partial charge in [-0.3, -0.25) is 10.1 Å². The van der Waals surface area contributed by atoms with Gasteiger partial charge in [0.1, 0.15) is 13.2 Å². The second kappa shape index (κ2) is 10.8. The van der Waals surface area contributed by atoms with Crippen molar-refractivity contribution in [3.63, 3.8) is 0 Å². The first kappa shape index (κ1) is 20.3. The van der Waals surface area contributed by atoms with E-state index in [0.29, 0.717) is 31.2 Å². The highest BCUT2D eigenvalue weighted by Gasteiger charge is 2.25. The maximum Gasteiger partial charge on any atom is 0.321 e. The maximum atomic E-state index is 12.5. The highest BCUT2D eigenvalue weighted by atomic mass is 16.5. The Morgan fingerprint density at radius 2 is 1.70 bits per heavy atom. The predicted octanol–water partition coefficient (Wildman–Crippen LogP) is 1.22.